The van der Waals surface area contributed by atoms with Gasteiger partial charge in [-0.2, -0.15) is 0 Å². The zero-order chi connectivity index (χ0) is 14.5. The number of aliphatic hydroxyl groups is 1. The lowest BCUT2D eigenvalue weighted by molar-refractivity contribution is 0.0333. The highest BCUT2D eigenvalue weighted by Crippen LogP contribution is 2.48. The minimum Gasteiger partial charge on any atom is -0.413 e. The highest BCUT2D eigenvalue weighted by Gasteiger charge is 2.46. The van der Waals surface area contributed by atoms with Crippen molar-refractivity contribution < 1.29 is 9.53 Å². The normalized spacial score (nSPS) is 35.4. The van der Waals surface area contributed by atoms with Gasteiger partial charge in [0.2, 0.25) is 0 Å². The molecule has 0 radical (unpaired) electrons. The monoisotopic (exact) mass is 282 g/mol. The molecule has 0 aromatic carbocycles. The van der Waals surface area contributed by atoms with Gasteiger partial charge in [-0.25, -0.2) is 0 Å². The van der Waals surface area contributed by atoms with Crippen LogP contribution in [0.25, 0.3) is 0 Å². The van der Waals surface area contributed by atoms with Gasteiger partial charge in [0.25, 0.3) is 0 Å². The summed E-state index contributed by atoms with van der Waals surface area (Å²) >= 11 is 0. The van der Waals surface area contributed by atoms with E-state index < -0.39 is 13.9 Å². The molecule has 110 valence electrons. The van der Waals surface area contributed by atoms with E-state index in [-0.39, 0.29) is 5.04 Å². The maximum Gasteiger partial charge on any atom is 0.192 e. The Morgan fingerprint density at radius 2 is 2.05 bits per heavy atom. The van der Waals surface area contributed by atoms with Gasteiger partial charge in [0, 0.05) is 5.92 Å². The third kappa shape index (κ3) is 2.98. The number of fused-ring (bicyclic) bond motifs is 1. The molecule has 1 N–H and O–H groups in total. The van der Waals surface area contributed by atoms with E-state index in [1.807, 2.05) is 6.92 Å². The van der Waals surface area contributed by atoms with Crippen LogP contribution in [0.15, 0.2) is 11.6 Å². The number of hydrogen-bond acceptors (Lipinski definition) is 2. The average Bonchev–Trinajstić information content (AvgIpc) is 2.76. The molecule has 2 aliphatic carbocycles. The molecule has 0 saturated heterocycles. The van der Waals surface area contributed by atoms with Crippen LogP contribution in [0.4, 0.5) is 0 Å². The zero-order valence-electron chi connectivity index (χ0n) is 13.4. The first-order valence-corrected chi connectivity index (χ1v) is 10.5. The predicted molar refractivity (Wildman–Crippen MR) is 82.7 cm³/mol. The largest absolute Gasteiger partial charge is 0.413 e. The van der Waals surface area contributed by atoms with Gasteiger partial charge in [-0.05, 0) is 55.8 Å². The quantitative estimate of drug-likeness (QED) is 0.623. The number of hydrogen-bond donors (Lipinski definition) is 1. The second kappa shape index (κ2) is 4.71. The summed E-state index contributed by atoms with van der Waals surface area (Å²) in [5, 5.41) is 10.6. The minimum atomic E-state index is -1.65. The Morgan fingerprint density at radius 3 is 2.58 bits per heavy atom. The molecule has 0 aromatic rings. The van der Waals surface area contributed by atoms with Gasteiger partial charge < -0.3 is 9.53 Å². The Morgan fingerprint density at radius 1 is 1.42 bits per heavy atom. The molecule has 1 fully saturated rings. The molecule has 0 amide bonds. The maximum atomic E-state index is 10.4. The fourth-order valence-electron chi connectivity index (χ4n) is 3.13. The fraction of sp³-hybridized carbons (Fsp3) is 0.875. The van der Waals surface area contributed by atoms with Gasteiger partial charge in [0.15, 0.2) is 8.32 Å². The summed E-state index contributed by atoms with van der Waals surface area (Å²) in [6.07, 6.45) is 5.56. The smallest absolute Gasteiger partial charge is 0.192 e. The van der Waals surface area contributed by atoms with Gasteiger partial charge >= 0.3 is 0 Å². The number of rotatable bonds is 3. The van der Waals surface area contributed by atoms with Crippen LogP contribution >= 0.6 is 0 Å². The first-order chi connectivity index (χ1) is 8.53. The average molecular weight is 282 g/mol. The topological polar surface area (TPSA) is 29.5 Å². The van der Waals surface area contributed by atoms with Gasteiger partial charge in [-0.15, -0.1) is 0 Å². The molecule has 1 saturated carbocycles. The van der Waals surface area contributed by atoms with Crippen LogP contribution in [0.2, 0.25) is 18.1 Å². The molecular weight excluding hydrogens is 252 g/mol. The summed E-state index contributed by atoms with van der Waals surface area (Å²) in [6.45, 7) is 14.2. The lowest BCUT2D eigenvalue weighted by Gasteiger charge is -2.36. The van der Waals surface area contributed by atoms with Crippen LogP contribution in [0, 0.1) is 11.8 Å². The molecule has 19 heavy (non-hydrogen) atoms. The van der Waals surface area contributed by atoms with Crippen molar-refractivity contribution in [2.75, 3.05) is 6.61 Å². The van der Waals surface area contributed by atoms with Crippen molar-refractivity contribution in [3.8, 4) is 0 Å². The van der Waals surface area contributed by atoms with Gasteiger partial charge in [0.1, 0.15) is 0 Å². The van der Waals surface area contributed by atoms with Crippen molar-refractivity contribution in [1.29, 1.82) is 0 Å². The summed E-state index contributed by atoms with van der Waals surface area (Å²) in [7, 11) is -1.65. The van der Waals surface area contributed by atoms with E-state index in [1.54, 1.807) is 0 Å². The molecule has 2 aliphatic rings. The van der Waals surface area contributed by atoms with E-state index in [0.29, 0.717) is 11.8 Å². The van der Waals surface area contributed by atoms with Crippen molar-refractivity contribution in [1.82, 2.24) is 0 Å². The van der Waals surface area contributed by atoms with Crippen molar-refractivity contribution in [3.05, 3.63) is 11.6 Å². The van der Waals surface area contributed by atoms with Crippen LogP contribution < -0.4 is 0 Å². The molecule has 0 unspecified atom stereocenters. The molecular formula is C16H30O2Si. The first kappa shape index (κ1) is 15.3. The summed E-state index contributed by atoms with van der Waals surface area (Å²) in [4.78, 5) is 0. The Balaban J connectivity index is 1.96. The molecule has 0 aromatic heterocycles. The minimum absolute atomic E-state index is 0.271. The highest BCUT2D eigenvalue weighted by atomic mass is 28.4. The molecule has 2 nitrogen and oxygen atoms in total. The molecule has 0 bridgehead atoms. The van der Waals surface area contributed by atoms with Crippen LogP contribution in [0.1, 0.15) is 47.0 Å². The van der Waals surface area contributed by atoms with Crippen molar-refractivity contribution in [3.63, 3.8) is 0 Å². The van der Waals surface area contributed by atoms with Crippen molar-refractivity contribution >= 4 is 8.32 Å². The highest BCUT2D eigenvalue weighted by molar-refractivity contribution is 6.74. The molecule has 0 spiro atoms. The maximum absolute atomic E-state index is 10.4. The summed E-state index contributed by atoms with van der Waals surface area (Å²) < 4.78 is 6.30. The summed E-state index contributed by atoms with van der Waals surface area (Å²) in [5.41, 5.74) is 0.934. The third-order valence-electron chi connectivity index (χ3n) is 5.61. The second-order valence-corrected chi connectivity index (χ2v) is 13.1. The SMILES string of the molecule is CC(C)(C)[Si](C)(C)OCC1=C[C@H]2[C@H](CC[C@]2(C)O)C1. The lowest BCUT2D eigenvalue weighted by Crippen LogP contribution is -2.41. The molecule has 2 rings (SSSR count). The summed E-state index contributed by atoms with van der Waals surface area (Å²) in [6, 6.07) is 0. The van der Waals surface area contributed by atoms with Crippen molar-refractivity contribution in [2.45, 2.75) is 70.7 Å². The third-order valence-corrected chi connectivity index (χ3v) is 10.1. The van der Waals surface area contributed by atoms with E-state index in [9.17, 15) is 5.11 Å². The Bertz CT molecular complexity index is 377. The molecule has 0 heterocycles. The van der Waals surface area contributed by atoms with Crippen molar-refractivity contribution in [2.24, 2.45) is 11.8 Å². The van der Waals surface area contributed by atoms with Crippen LogP contribution in [0.3, 0.4) is 0 Å². The lowest BCUT2D eigenvalue weighted by atomic mass is 9.90. The van der Waals surface area contributed by atoms with Crippen LogP contribution in [0.5, 0.6) is 0 Å². The van der Waals surface area contributed by atoms with Gasteiger partial charge in [-0.1, -0.05) is 26.8 Å². The second-order valence-electron chi connectivity index (χ2n) is 8.26. The Kier molecular flexibility index (Phi) is 3.79. The molecule has 3 heteroatoms. The predicted octanol–water partition coefficient (Wildman–Crippen LogP) is 4.12. The van der Waals surface area contributed by atoms with Gasteiger partial charge in [-0.3, -0.25) is 0 Å². The first-order valence-electron chi connectivity index (χ1n) is 7.59. The van der Waals surface area contributed by atoms with Gasteiger partial charge in [0.05, 0.1) is 12.2 Å². The Labute approximate surface area is 119 Å². The van der Waals surface area contributed by atoms with E-state index in [4.69, 9.17) is 4.43 Å². The van der Waals surface area contributed by atoms with E-state index in [0.717, 1.165) is 25.9 Å². The van der Waals surface area contributed by atoms with E-state index >= 15 is 0 Å². The van der Waals surface area contributed by atoms with E-state index in [1.165, 1.54) is 5.57 Å². The summed E-state index contributed by atoms with van der Waals surface area (Å²) in [5.74, 6) is 1.03. The molecule has 0 aliphatic heterocycles. The van der Waals surface area contributed by atoms with E-state index in [2.05, 4.69) is 39.9 Å². The van der Waals surface area contributed by atoms with Crippen LogP contribution in [-0.4, -0.2) is 25.6 Å². The molecule has 3 atom stereocenters. The van der Waals surface area contributed by atoms with Crippen LogP contribution in [-0.2, 0) is 4.43 Å². The Hall–Kier alpha value is -0.123. The standard InChI is InChI=1S/C16H30O2Si/c1-15(2,3)19(5,6)18-11-12-9-13-7-8-16(4,17)14(13)10-12/h10,13-14,17H,7-9,11H2,1-6H3/t13-,14+,16+/m1/s1. The zero-order valence-corrected chi connectivity index (χ0v) is 14.4. The fourth-order valence-corrected chi connectivity index (χ4v) is 4.11.